The van der Waals surface area contributed by atoms with Gasteiger partial charge in [0.2, 0.25) is 0 Å². The molecular formula is C24H22N4O4. The molecule has 0 aliphatic rings. The molecule has 0 bridgehead atoms. The van der Waals surface area contributed by atoms with Crippen molar-refractivity contribution in [3.63, 3.8) is 0 Å². The van der Waals surface area contributed by atoms with Gasteiger partial charge in [0.05, 0.1) is 18.3 Å². The van der Waals surface area contributed by atoms with Crippen molar-refractivity contribution in [1.29, 1.82) is 0 Å². The van der Waals surface area contributed by atoms with E-state index in [1.807, 2.05) is 60.7 Å². The van der Waals surface area contributed by atoms with Crippen LogP contribution in [0.25, 0.3) is 11.1 Å². The van der Waals surface area contributed by atoms with Gasteiger partial charge in [0.15, 0.2) is 5.84 Å². The second-order valence-corrected chi connectivity index (χ2v) is 6.78. The molecule has 0 saturated carbocycles. The van der Waals surface area contributed by atoms with E-state index in [9.17, 15) is 9.59 Å². The molecule has 0 aromatic heterocycles. The molecule has 3 aromatic rings. The number of benzene rings is 3. The first kappa shape index (κ1) is 22.2. The van der Waals surface area contributed by atoms with Crippen LogP contribution >= 0.6 is 0 Å². The van der Waals surface area contributed by atoms with Gasteiger partial charge in [-0.3, -0.25) is 10.1 Å². The molecule has 0 saturated heterocycles. The van der Waals surface area contributed by atoms with Crippen LogP contribution in [0.2, 0.25) is 0 Å². The van der Waals surface area contributed by atoms with E-state index in [2.05, 4.69) is 15.4 Å². The molecule has 0 spiro atoms. The van der Waals surface area contributed by atoms with Crippen LogP contribution < -0.4 is 11.2 Å². The number of aliphatic carboxylic acids is 1. The van der Waals surface area contributed by atoms with E-state index in [1.165, 1.54) is 6.21 Å². The Kier molecular flexibility index (Phi) is 7.69. The van der Waals surface area contributed by atoms with Gasteiger partial charge in [0, 0.05) is 0 Å². The van der Waals surface area contributed by atoms with Crippen molar-refractivity contribution in [2.24, 2.45) is 15.9 Å². The molecule has 0 heterocycles. The lowest BCUT2D eigenvalue weighted by molar-refractivity contribution is -0.136. The van der Waals surface area contributed by atoms with Crippen molar-refractivity contribution in [2.75, 3.05) is 0 Å². The monoisotopic (exact) mass is 430 g/mol. The maximum Gasteiger partial charge on any atom is 0.413 e. The average molecular weight is 430 g/mol. The van der Waals surface area contributed by atoms with Gasteiger partial charge in [0.25, 0.3) is 0 Å². The number of carbonyl (C=O) groups excluding carboxylic acids is 1. The van der Waals surface area contributed by atoms with Crippen LogP contribution in [0, 0.1) is 0 Å². The SMILES string of the molecule is N/N=C\C(=Nc1cccc(-c2ccc(CC(=O)O)cc2)c1)NC(=O)OCc1ccccc1. The Morgan fingerprint density at radius 2 is 1.69 bits per heavy atom. The number of rotatable bonds is 7. The Morgan fingerprint density at radius 1 is 0.938 bits per heavy atom. The van der Waals surface area contributed by atoms with Gasteiger partial charge in [0.1, 0.15) is 6.61 Å². The van der Waals surface area contributed by atoms with Gasteiger partial charge >= 0.3 is 12.1 Å². The number of carbonyl (C=O) groups is 2. The van der Waals surface area contributed by atoms with E-state index in [1.54, 1.807) is 18.2 Å². The third-order valence-electron chi connectivity index (χ3n) is 4.38. The molecule has 0 aliphatic carbocycles. The van der Waals surface area contributed by atoms with Gasteiger partial charge in [-0.15, -0.1) is 0 Å². The minimum atomic E-state index is -0.877. The number of hydrogen-bond donors (Lipinski definition) is 3. The van der Waals surface area contributed by atoms with E-state index in [0.29, 0.717) is 5.69 Å². The highest BCUT2D eigenvalue weighted by molar-refractivity contribution is 6.32. The van der Waals surface area contributed by atoms with Crippen molar-refractivity contribution in [3.8, 4) is 11.1 Å². The quantitative estimate of drug-likeness (QED) is 0.227. The number of alkyl carbamates (subject to hydrolysis) is 1. The maximum atomic E-state index is 12.1. The minimum Gasteiger partial charge on any atom is -0.481 e. The van der Waals surface area contributed by atoms with Crippen LogP contribution in [0.1, 0.15) is 11.1 Å². The first-order valence-electron chi connectivity index (χ1n) is 9.74. The number of amides is 1. The normalized spacial score (nSPS) is 11.3. The number of carboxylic acids is 1. The summed E-state index contributed by atoms with van der Waals surface area (Å²) in [5.74, 6) is 4.50. The van der Waals surface area contributed by atoms with E-state index in [0.717, 1.165) is 22.3 Å². The van der Waals surface area contributed by atoms with Crippen molar-refractivity contribution in [3.05, 3.63) is 90.0 Å². The number of nitrogens with two attached hydrogens (primary N) is 1. The molecule has 8 heteroatoms. The Morgan fingerprint density at radius 3 is 2.38 bits per heavy atom. The molecule has 8 nitrogen and oxygen atoms in total. The topological polar surface area (TPSA) is 126 Å². The zero-order valence-electron chi connectivity index (χ0n) is 17.1. The molecule has 3 rings (SSSR count). The first-order valence-corrected chi connectivity index (χ1v) is 9.74. The fourth-order valence-electron chi connectivity index (χ4n) is 2.91. The van der Waals surface area contributed by atoms with Crippen LogP contribution in [0.5, 0.6) is 0 Å². The number of carboxylic acid groups (broad SMARTS) is 1. The van der Waals surface area contributed by atoms with Crippen LogP contribution in [0.15, 0.2) is 89.0 Å². The fourth-order valence-corrected chi connectivity index (χ4v) is 2.91. The van der Waals surface area contributed by atoms with Gasteiger partial charge in [-0.2, -0.15) is 5.10 Å². The van der Waals surface area contributed by atoms with Crippen molar-refractivity contribution in [2.45, 2.75) is 13.0 Å². The van der Waals surface area contributed by atoms with E-state index in [4.69, 9.17) is 15.7 Å². The molecule has 0 fully saturated rings. The second-order valence-electron chi connectivity index (χ2n) is 6.78. The van der Waals surface area contributed by atoms with Crippen LogP contribution in [-0.2, 0) is 22.6 Å². The van der Waals surface area contributed by atoms with E-state index >= 15 is 0 Å². The Bertz CT molecular complexity index is 1130. The number of ether oxygens (including phenoxy) is 1. The summed E-state index contributed by atoms with van der Waals surface area (Å²) in [6.45, 7) is 0.118. The fraction of sp³-hybridized carbons (Fsp3) is 0.0833. The van der Waals surface area contributed by atoms with Crippen molar-refractivity contribution in [1.82, 2.24) is 5.32 Å². The second kappa shape index (κ2) is 11.1. The van der Waals surface area contributed by atoms with Gasteiger partial charge < -0.3 is 15.7 Å². The Hall–Kier alpha value is -4.46. The standard InChI is InChI=1S/C24H22N4O4/c25-26-15-22(28-24(31)32-16-18-5-2-1-3-6-18)27-21-8-4-7-20(14-21)19-11-9-17(10-12-19)13-23(29)30/h1-12,14-15H,13,16,25H2,(H,29,30)(H,27,28,31)/b26-15-. The number of hydrazone groups is 1. The maximum absolute atomic E-state index is 12.1. The highest BCUT2D eigenvalue weighted by atomic mass is 16.5. The first-order chi connectivity index (χ1) is 15.5. The molecule has 32 heavy (non-hydrogen) atoms. The van der Waals surface area contributed by atoms with Crippen LogP contribution in [-0.4, -0.2) is 29.2 Å². The molecule has 162 valence electrons. The zero-order chi connectivity index (χ0) is 22.8. The number of nitrogens with zero attached hydrogens (tertiary/aromatic N) is 2. The predicted octanol–water partition coefficient (Wildman–Crippen LogP) is 3.88. The Balaban J connectivity index is 1.71. The minimum absolute atomic E-state index is 0.0293. The Labute approximate surface area is 185 Å². The van der Waals surface area contributed by atoms with Crippen molar-refractivity contribution >= 4 is 29.8 Å². The number of nitrogens with one attached hydrogen (secondary N) is 1. The van der Waals surface area contributed by atoms with Crippen LogP contribution in [0.4, 0.5) is 10.5 Å². The highest BCUT2D eigenvalue weighted by Crippen LogP contribution is 2.24. The predicted molar refractivity (Wildman–Crippen MR) is 123 cm³/mol. The number of amidine groups is 1. The molecule has 1 amide bonds. The average Bonchev–Trinajstić information content (AvgIpc) is 2.79. The molecular weight excluding hydrogens is 408 g/mol. The summed E-state index contributed by atoms with van der Waals surface area (Å²) in [6, 6.07) is 23.9. The zero-order valence-corrected chi connectivity index (χ0v) is 17.1. The molecule has 0 unspecified atom stereocenters. The van der Waals surface area contributed by atoms with E-state index < -0.39 is 12.1 Å². The third-order valence-corrected chi connectivity index (χ3v) is 4.38. The largest absolute Gasteiger partial charge is 0.481 e. The summed E-state index contributed by atoms with van der Waals surface area (Å²) in [7, 11) is 0. The molecule has 0 aliphatic heterocycles. The van der Waals surface area contributed by atoms with Gasteiger partial charge in [-0.1, -0.05) is 66.7 Å². The molecule has 0 atom stereocenters. The highest BCUT2D eigenvalue weighted by Gasteiger charge is 2.07. The smallest absolute Gasteiger partial charge is 0.413 e. The summed E-state index contributed by atoms with van der Waals surface area (Å²) < 4.78 is 5.20. The summed E-state index contributed by atoms with van der Waals surface area (Å²) in [5, 5.41) is 14.9. The lowest BCUT2D eigenvalue weighted by Gasteiger charge is -2.08. The van der Waals surface area contributed by atoms with Crippen LogP contribution in [0.3, 0.4) is 0 Å². The lowest BCUT2D eigenvalue weighted by Crippen LogP contribution is -2.32. The molecule has 4 N–H and O–H groups in total. The van der Waals surface area contributed by atoms with Gasteiger partial charge in [-0.05, 0) is 34.4 Å². The summed E-state index contributed by atoms with van der Waals surface area (Å²) in [6.07, 6.45) is 0.507. The summed E-state index contributed by atoms with van der Waals surface area (Å²) in [4.78, 5) is 27.4. The third kappa shape index (κ3) is 6.81. The number of aliphatic imine (C=N–C) groups is 1. The van der Waals surface area contributed by atoms with E-state index in [-0.39, 0.29) is 18.9 Å². The summed E-state index contributed by atoms with van der Waals surface area (Å²) >= 11 is 0. The molecule has 0 radical (unpaired) electrons. The summed E-state index contributed by atoms with van der Waals surface area (Å²) in [5.41, 5.74) is 3.92. The molecule has 3 aromatic carbocycles. The van der Waals surface area contributed by atoms with Gasteiger partial charge in [-0.25, -0.2) is 9.79 Å². The number of hydrogen-bond acceptors (Lipinski definition) is 6. The van der Waals surface area contributed by atoms with Crippen molar-refractivity contribution < 1.29 is 19.4 Å². The lowest BCUT2D eigenvalue weighted by atomic mass is 10.0.